The number of aryl methyl sites for hydroxylation is 2. The zero-order chi connectivity index (χ0) is 18.0. The molecule has 1 aliphatic heterocycles. The number of aromatic nitrogens is 2. The highest BCUT2D eigenvalue weighted by atomic mass is 19.1. The van der Waals surface area contributed by atoms with Crippen LogP contribution in [0.15, 0.2) is 24.3 Å². The molecule has 0 unspecified atom stereocenters. The number of rotatable bonds is 4. The molecule has 1 aromatic heterocycles. The normalized spacial score (nSPS) is 15.6. The number of halogens is 2. The van der Waals surface area contributed by atoms with Crippen molar-refractivity contribution in [3.8, 4) is 0 Å². The molecule has 1 N–H and O–H groups in total. The number of aliphatic hydroxyl groups is 1. The van der Waals surface area contributed by atoms with Crippen LogP contribution >= 0.6 is 0 Å². The predicted octanol–water partition coefficient (Wildman–Crippen LogP) is 2.58. The molecule has 25 heavy (non-hydrogen) atoms. The van der Waals surface area contributed by atoms with Gasteiger partial charge in [0.25, 0.3) is 0 Å². The minimum atomic E-state index is -0.648. The van der Waals surface area contributed by atoms with Gasteiger partial charge in [0.1, 0.15) is 11.6 Å². The Kier molecular flexibility index (Phi) is 5.13. The number of benzene rings is 1. The standard InChI is InChI=1S/C18H21F2N3O2/c1-12(24)17-10-15-11-22(7-2-8-23(15)21-17)18(25)6-4-13-3-5-14(19)9-16(13)20/h3,5,9-10,12,24H,2,4,6-8,11H2,1H3/t12-/m0/s1. The van der Waals surface area contributed by atoms with Crippen molar-refractivity contribution >= 4 is 5.91 Å². The molecule has 0 fully saturated rings. The minimum Gasteiger partial charge on any atom is -0.387 e. The Bertz CT molecular complexity index is 774. The number of fused-ring (bicyclic) bond motifs is 1. The summed E-state index contributed by atoms with van der Waals surface area (Å²) in [6.07, 6.45) is 0.523. The third-order valence-electron chi connectivity index (χ3n) is 4.44. The maximum atomic E-state index is 13.7. The molecule has 3 rings (SSSR count). The highest BCUT2D eigenvalue weighted by Crippen LogP contribution is 2.19. The Labute approximate surface area is 144 Å². The van der Waals surface area contributed by atoms with Gasteiger partial charge in [-0.1, -0.05) is 6.07 Å². The third-order valence-corrected chi connectivity index (χ3v) is 4.44. The van der Waals surface area contributed by atoms with E-state index in [-0.39, 0.29) is 18.7 Å². The second-order valence-corrected chi connectivity index (χ2v) is 6.36. The summed E-state index contributed by atoms with van der Waals surface area (Å²) in [6, 6.07) is 5.23. The molecule has 0 bridgehead atoms. The number of amides is 1. The number of nitrogens with zero attached hydrogens (tertiary/aromatic N) is 3. The van der Waals surface area contributed by atoms with E-state index in [2.05, 4.69) is 5.10 Å². The van der Waals surface area contributed by atoms with E-state index in [1.165, 1.54) is 12.1 Å². The molecule has 1 amide bonds. The molecule has 1 aromatic carbocycles. The Hall–Kier alpha value is -2.28. The van der Waals surface area contributed by atoms with E-state index in [1.807, 2.05) is 10.7 Å². The van der Waals surface area contributed by atoms with Crippen LogP contribution in [0.5, 0.6) is 0 Å². The molecule has 0 aliphatic carbocycles. The molecule has 0 spiro atoms. The van der Waals surface area contributed by atoms with Gasteiger partial charge in [-0.3, -0.25) is 9.48 Å². The Morgan fingerprint density at radius 1 is 1.32 bits per heavy atom. The lowest BCUT2D eigenvalue weighted by molar-refractivity contribution is -0.131. The van der Waals surface area contributed by atoms with Gasteiger partial charge in [0.15, 0.2) is 0 Å². The van der Waals surface area contributed by atoms with E-state index in [0.29, 0.717) is 30.9 Å². The summed E-state index contributed by atoms with van der Waals surface area (Å²) in [5.41, 5.74) is 1.82. The van der Waals surface area contributed by atoms with Gasteiger partial charge in [-0.05, 0) is 37.5 Å². The summed E-state index contributed by atoms with van der Waals surface area (Å²) < 4.78 is 28.5. The van der Waals surface area contributed by atoms with Crippen LogP contribution in [0.1, 0.15) is 42.8 Å². The van der Waals surface area contributed by atoms with Crippen molar-refractivity contribution in [2.24, 2.45) is 0 Å². The van der Waals surface area contributed by atoms with Crippen LogP contribution < -0.4 is 0 Å². The summed E-state index contributed by atoms with van der Waals surface area (Å²) in [6.45, 7) is 3.38. The predicted molar refractivity (Wildman–Crippen MR) is 87.6 cm³/mol. The van der Waals surface area contributed by atoms with Gasteiger partial charge in [0.05, 0.1) is 24.0 Å². The molecule has 0 saturated heterocycles. The van der Waals surface area contributed by atoms with Crippen LogP contribution in [-0.4, -0.2) is 32.2 Å². The highest BCUT2D eigenvalue weighted by Gasteiger charge is 2.21. The topological polar surface area (TPSA) is 58.4 Å². The maximum absolute atomic E-state index is 13.7. The van der Waals surface area contributed by atoms with Gasteiger partial charge in [-0.15, -0.1) is 0 Å². The molecule has 0 radical (unpaired) electrons. The number of hydrogen-bond donors (Lipinski definition) is 1. The van der Waals surface area contributed by atoms with Crippen LogP contribution in [0.2, 0.25) is 0 Å². The molecule has 2 heterocycles. The molecule has 0 saturated carbocycles. The summed E-state index contributed by atoms with van der Waals surface area (Å²) in [4.78, 5) is 14.2. The Morgan fingerprint density at radius 2 is 2.12 bits per heavy atom. The van der Waals surface area contributed by atoms with E-state index in [1.54, 1.807) is 11.8 Å². The Balaban J connectivity index is 1.65. The molecule has 2 aromatic rings. The maximum Gasteiger partial charge on any atom is 0.223 e. The van der Waals surface area contributed by atoms with Gasteiger partial charge in [0.2, 0.25) is 5.91 Å². The average Bonchev–Trinajstić information content (AvgIpc) is 2.86. The van der Waals surface area contributed by atoms with Crippen LogP contribution in [0, 0.1) is 11.6 Å². The van der Waals surface area contributed by atoms with Crippen molar-refractivity contribution in [1.29, 1.82) is 0 Å². The summed E-state index contributed by atoms with van der Waals surface area (Å²) in [5, 5.41) is 14.0. The van der Waals surface area contributed by atoms with Crippen molar-refractivity contribution in [2.45, 2.75) is 45.4 Å². The van der Waals surface area contributed by atoms with Gasteiger partial charge in [0, 0.05) is 25.6 Å². The third kappa shape index (κ3) is 4.04. The quantitative estimate of drug-likeness (QED) is 0.923. The first kappa shape index (κ1) is 17.5. The molecule has 5 nitrogen and oxygen atoms in total. The second-order valence-electron chi connectivity index (χ2n) is 6.36. The summed E-state index contributed by atoms with van der Waals surface area (Å²) in [5.74, 6) is -1.32. The monoisotopic (exact) mass is 349 g/mol. The van der Waals surface area contributed by atoms with Crippen LogP contribution in [0.3, 0.4) is 0 Å². The number of aliphatic hydroxyl groups excluding tert-OH is 1. The first-order valence-corrected chi connectivity index (χ1v) is 8.40. The van der Waals surface area contributed by atoms with Gasteiger partial charge < -0.3 is 10.0 Å². The van der Waals surface area contributed by atoms with Gasteiger partial charge >= 0.3 is 0 Å². The first-order chi connectivity index (χ1) is 11.9. The zero-order valence-corrected chi connectivity index (χ0v) is 14.1. The molecule has 1 aliphatic rings. The molecule has 134 valence electrons. The smallest absolute Gasteiger partial charge is 0.223 e. The zero-order valence-electron chi connectivity index (χ0n) is 14.1. The number of hydrogen-bond acceptors (Lipinski definition) is 3. The second kappa shape index (κ2) is 7.31. The van der Waals surface area contributed by atoms with Crippen molar-refractivity contribution < 1.29 is 18.7 Å². The SMILES string of the molecule is C[C@H](O)c1cc2n(n1)CCCN(C(=O)CCc1ccc(F)cc1F)C2. The lowest BCUT2D eigenvalue weighted by Crippen LogP contribution is -2.30. The Morgan fingerprint density at radius 3 is 2.84 bits per heavy atom. The van der Waals surface area contributed by atoms with E-state index in [9.17, 15) is 18.7 Å². The van der Waals surface area contributed by atoms with Crippen molar-refractivity contribution in [1.82, 2.24) is 14.7 Å². The summed E-state index contributed by atoms with van der Waals surface area (Å²) in [7, 11) is 0. The fourth-order valence-corrected chi connectivity index (χ4v) is 3.03. The van der Waals surface area contributed by atoms with E-state index in [0.717, 1.165) is 18.2 Å². The van der Waals surface area contributed by atoms with Gasteiger partial charge in [-0.2, -0.15) is 5.10 Å². The molecular weight excluding hydrogens is 328 g/mol. The van der Waals surface area contributed by atoms with Gasteiger partial charge in [-0.25, -0.2) is 8.78 Å². The lowest BCUT2D eigenvalue weighted by atomic mass is 10.1. The molecule has 1 atom stereocenters. The first-order valence-electron chi connectivity index (χ1n) is 8.40. The van der Waals surface area contributed by atoms with Crippen LogP contribution in [0.25, 0.3) is 0 Å². The largest absolute Gasteiger partial charge is 0.387 e. The molecular formula is C18H21F2N3O2. The van der Waals surface area contributed by atoms with E-state index in [4.69, 9.17) is 0 Å². The summed E-state index contributed by atoms with van der Waals surface area (Å²) >= 11 is 0. The van der Waals surface area contributed by atoms with Crippen molar-refractivity contribution in [2.75, 3.05) is 6.54 Å². The average molecular weight is 349 g/mol. The number of carbonyl (C=O) groups is 1. The van der Waals surface area contributed by atoms with E-state index < -0.39 is 17.7 Å². The fourth-order valence-electron chi connectivity index (χ4n) is 3.03. The highest BCUT2D eigenvalue weighted by molar-refractivity contribution is 5.76. The van der Waals surface area contributed by atoms with Crippen LogP contribution in [-0.2, 0) is 24.3 Å². The van der Waals surface area contributed by atoms with Crippen molar-refractivity contribution in [3.05, 3.63) is 52.9 Å². The molecule has 7 heteroatoms. The van der Waals surface area contributed by atoms with E-state index >= 15 is 0 Å². The lowest BCUT2D eigenvalue weighted by Gasteiger charge is -2.20. The number of carbonyl (C=O) groups excluding carboxylic acids is 1. The minimum absolute atomic E-state index is 0.0722. The fraction of sp³-hybridized carbons (Fsp3) is 0.444. The van der Waals surface area contributed by atoms with Crippen molar-refractivity contribution in [3.63, 3.8) is 0 Å². The van der Waals surface area contributed by atoms with Crippen LogP contribution in [0.4, 0.5) is 8.78 Å².